The summed E-state index contributed by atoms with van der Waals surface area (Å²) < 4.78 is 5.10. The van der Waals surface area contributed by atoms with Gasteiger partial charge in [-0.2, -0.15) is 0 Å². The van der Waals surface area contributed by atoms with Gasteiger partial charge in [0.2, 0.25) is 0 Å². The minimum atomic E-state index is -0.645. The van der Waals surface area contributed by atoms with Crippen molar-refractivity contribution < 1.29 is 9.84 Å². The summed E-state index contributed by atoms with van der Waals surface area (Å²) in [6, 6.07) is 12.9. The molecular weight excluding hydrogens is 248 g/mol. The summed E-state index contributed by atoms with van der Waals surface area (Å²) in [5.41, 5.74) is 2.68. The lowest BCUT2D eigenvalue weighted by atomic mass is 9.97. The van der Waals surface area contributed by atoms with Crippen LogP contribution in [0.25, 0.3) is 0 Å². The number of aliphatic hydroxyl groups is 1. The van der Waals surface area contributed by atoms with E-state index in [0.717, 1.165) is 22.4 Å². The zero-order chi connectivity index (χ0) is 13.1. The molecule has 0 aliphatic rings. The van der Waals surface area contributed by atoms with Crippen LogP contribution in [-0.4, -0.2) is 12.2 Å². The minimum absolute atomic E-state index is 0.645. The molecule has 0 radical (unpaired) electrons. The van der Waals surface area contributed by atoms with E-state index in [1.54, 1.807) is 13.2 Å². The molecule has 94 valence electrons. The molecule has 0 saturated heterocycles. The standard InChI is InChI=1S/C15H15ClO2/c1-10-9-12(16)5-8-14(10)15(17)11-3-6-13(18-2)7-4-11/h3-9,15,17H,1-2H3. The summed E-state index contributed by atoms with van der Waals surface area (Å²) in [5.74, 6) is 0.777. The van der Waals surface area contributed by atoms with Gasteiger partial charge < -0.3 is 9.84 Å². The summed E-state index contributed by atoms with van der Waals surface area (Å²) >= 11 is 5.91. The number of ether oxygens (including phenoxy) is 1. The van der Waals surface area contributed by atoms with Gasteiger partial charge in [0.05, 0.1) is 7.11 Å². The number of halogens is 1. The molecule has 18 heavy (non-hydrogen) atoms. The average Bonchev–Trinajstić information content (AvgIpc) is 2.38. The molecule has 2 nitrogen and oxygen atoms in total. The van der Waals surface area contributed by atoms with Crippen molar-refractivity contribution in [1.82, 2.24) is 0 Å². The van der Waals surface area contributed by atoms with Gasteiger partial charge in [-0.3, -0.25) is 0 Å². The topological polar surface area (TPSA) is 29.5 Å². The largest absolute Gasteiger partial charge is 0.497 e. The summed E-state index contributed by atoms with van der Waals surface area (Å²) in [6.07, 6.45) is -0.645. The third-order valence-corrected chi connectivity index (χ3v) is 3.19. The maximum atomic E-state index is 10.3. The van der Waals surface area contributed by atoms with Crippen LogP contribution < -0.4 is 4.74 Å². The number of aryl methyl sites for hydroxylation is 1. The van der Waals surface area contributed by atoms with Crippen LogP contribution in [0.3, 0.4) is 0 Å². The third kappa shape index (κ3) is 2.66. The third-order valence-electron chi connectivity index (χ3n) is 2.96. The van der Waals surface area contributed by atoms with E-state index in [1.165, 1.54) is 0 Å². The van der Waals surface area contributed by atoms with Crippen molar-refractivity contribution in [3.8, 4) is 5.75 Å². The Morgan fingerprint density at radius 1 is 1.11 bits per heavy atom. The first-order valence-corrected chi connectivity index (χ1v) is 6.07. The minimum Gasteiger partial charge on any atom is -0.497 e. The van der Waals surface area contributed by atoms with Gasteiger partial charge in [-0.1, -0.05) is 29.8 Å². The van der Waals surface area contributed by atoms with E-state index in [2.05, 4.69) is 0 Å². The normalized spacial score (nSPS) is 12.2. The van der Waals surface area contributed by atoms with Gasteiger partial charge in [0.25, 0.3) is 0 Å². The summed E-state index contributed by atoms with van der Waals surface area (Å²) in [6.45, 7) is 1.94. The second-order valence-electron chi connectivity index (χ2n) is 4.18. The average molecular weight is 263 g/mol. The number of aliphatic hydroxyl groups excluding tert-OH is 1. The molecule has 1 unspecified atom stereocenters. The zero-order valence-electron chi connectivity index (χ0n) is 10.4. The molecule has 0 aromatic heterocycles. The Morgan fingerprint density at radius 2 is 1.78 bits per heavy atom. The Kier molecular flexibility index (Phi) is 3.90. The second kappa shape index (κ2) is 5.42. The fourth-order valence-corrected chi connectivity index (χ4v) is 2.14. The van der Waals surface area contributed by atoms with Gasteiger partial charge in [-0.25, -0.2) is 0 Å². The molecule has 0 aliphatic heterocycles. The highest BCUT2D eigenvalue weighted by Gasteiger charge is 2.13. The first-order valence-electron chi connectivity index (χ1n) is 5.70. The molecule has 0 bridgehead atoms. The van der Waals surface area contributed by atoms with Crippen LogP contribution >= 0.6 is 11.6 Å². The molecule has 2 aromatic rings. The summed E-state index contributed by atoms with van der Waals surface area (Å²) in [4.78, 5) is 0. The van der Waals surface area contributed by atoms with Gasteiger partial charge in [0.15, 0.2) is 0 Å². The lowest BCUT2D eigenvalue weighted by Crippen LogP contribution is -2.01. The smallest absolute Gasteiger partial charge is 0.118 e. The Morgan fingerprint density at radius 3 is 2.33 bits per heavy atom. The van der Waals surface area contributed by atoms with E-state index < -0.39 is 6.10 Å². The maximum Gasteiger partial charge on any atom is 0.118 e. The molecule has 2 aromatic carbocycles. The van der Waals surface area contributed by atoms with Crippen molar-refractivity contribution in [2.75, 3.05) is 7.11 Å². The van der Waals surface area contributed by atoms with Gasteiger partial charge in [0, 0.05) is 5.02 Å². The van der Waals surface area contributed by atoms with E-state index in [4.69, 9.17) is 16.3 Å². The fraction of sp³-hybridized carbons (Fsp3) is 0.200. The Bertz CT molecular complexity index is 535. The van der Waals surface area contributed by atoms with E-state index in [1.807, 2.05) is 43.3 Å². The lowest BCUT2D eigenvalue weighted by Gasteiger charge is -2.14. The van der Waals surface area contributed by atoms with Crippen LogP contribution in [0.1, 0.15) is 22.8 Å². The van der Waals surface area contributed by atoms with E-state index in [9.17, 15) is 5.11 Å². The molecule has 3 heteroatoms. The van der Waals surface area contributed by atoms with E-state index >= 15 is 0 Å². The first-order chi connectivity index (χ1) is 8.61. The van der Waals surface area contributed by atoms with Crippen LogP contribution in [0.2, 0.25) is 5.02 Å². The van der Waals surface area contributed by atoms with Crippen molar-refractivity contribution in [2.24, 2.45) is 0 Å². The Hall–Kier alpha value is -1.51. The van der Waals surface area contributed by atoms with Crippen LogP contribution in [-0.2, 0) is 0 Å². The molecule has 0 amide bonds. The molecule has 0 spiro atoms. The van der Waals surface area contributed by atoms with Crippen LogP contribution in [0, 0.1) is 6.92 Å². The zero-order valence-corrected chi connectivity index (χ0v) is 11.1. The predicted octanol–water partition coefficient (Wildman–Crippen LogP) is 3.74. The Balaban J connectivity index is 2.31. The number of rotatable bonds is 3. The van der Waals surface area contributed by atoms with Gasteiger partial charge in [-0.15, -0.1) is 0 Å². The molecule has 1 atom stereocenters. The highest BCUT2D eigenvalue weighted by molar-refractivity contribution is 6.30. The van der Waals surface area contributed by atoms with Crippen molar-refractivity contribution in [2.45, 2.75) is 13.0 Å². The molecule has 1 N–H and O–H groups in total. The SMILES string of the molecule is COc1ccc(C(O)c2ccc(Cl)cc2C)cc1. The lowest BCUT2D eigenvalue weighted by molar-refractivity contribution is 0.219. The van der Waals surface area contributed by atoms with E-state index in [0.29, 0.717) is 5.02 Å². The first kappa shape index (κ1) is 12.9. The number of methoxy groups -OCH3 is 1. The highest BCUT2D eigenvalue weighted by Crippen LogP contribution is 2.27. The highest BCUT2D eigenvalue weighted by atomic mass is 35.5. The van der Waals surface area contributed by atoms with Crippen LogP contribution in [0.4, 0.5) is 0 Å². The maximum absolute atomic E-state index is 10.3. The van der Waals surface area contributed by atoms with Crippen LogP contribution in [0.15, 0.2) is 42.5 Å². The van der Waals surface area contributed by atoms with E-state index in [-0.39, 0.29) is 0 Å². The summed E-state index contributed by atoms with van der Waals surface area (Å²) in [5, 5.41) is 11.0. The number of benzene rings is 2. The quantitative estimate of drug-likeness (QED) is 0.913. The van der Waals surface area contributed by atoms with Crippen molar-refractivity contribution in [1.29, 1.82) is 0 Å². The molecule has 0 saturated carbocycles. The fourth-order valence-electron chi connectivity index (χ4n) is 1.91. The molecule has 0 heterocycles. The van der Waals surface area contributed by atoms with Crippen molar-refractivity contribution in [3.63, 3.8) is 0 Å². The molecule has 0 fully saturated rings. The molecule has 2 rings (SSSR count). The number of hydrogen-bond acceptors (Lipinski definition) is 2. The second-order valence-corrected chi connectivity index (χ2v) is 4.61. The predicted molar refractivity (Wildman–Crippen MR) is 73.2 cm³/mol. The Labute approximate surface area is 112 Å². The number of hydrogen-bond donors (Lipinski definition) is 1. The molecule has 0 aliphatic carbocycles. The molecular formula is C15H15ClO2. The van der Waals surface area contributed by atoms with Gasteiger partial charge >= 0.3 is 0 Å². The monoisotopic (exact) mass is 262 g/mol. The van der Waals surface area contributed by atoms with Gasteiger partial charge in [0.1, 0.15) is 11.9 Å². The van der Waals surface area contributed by atoms with Crippen molar-refractivity contribution >= 4 is 11.6 Å². The van der Waals surface area contributed by atoms with Gasteiger partial charge in [-0.05, 0) is 47.9 Å². The van der Waals surface area contributed by atoms with Crippen molar-refractivity contribution in [3.05, 3.63) is 64.2 Å². The summed E-state index contributed by atoms with van der Waals surface area (Å²) in [7, 11) is 1.62. The van der Waals surface area contributed by atoms with Crippen LogP contribution in [0.5, 0.6) is 5.75 Å².